The quantitative estimate of drug-likeness (QED) is 0.229. The van der Waals surface area contributed by atoms with Crippen molar-refractivity contribution >= 4 is 33.0 Å². The van der Waals surface area contributed by atoms with Crippen molar-refractivity contribution < 1.29 is 9.53 Å². The summed E-state index contributed by atoms with van der Waals surface area (Å²) >= 11 is 1.81. The number of thiophene rings is 1. The van der Waals surface area contributed by atoms with Gasteiger partial charge in [-0.1, -0.05) is 42.5 Å². The van der Waals surface area contributed by atoms with Crippen LogP contribution in [0.15, 0.2) is 85.3 Å². The van der Waals surface area contributed by atoms with Crippen molar-refractivity contribution in [3.63, 3.8) is 0 Å². The Labute approximate surface area is 226 Å². The Hall–Kier alpha value is -3.94. The molecule has 0 saturated carbocycles. The van der Waals surface area contributed by atoms with Gasteiger partial charge in [-0.3, -0.25) is 9.69 Å². The topological polar surface area (TPSA) is 70.2 Å². The molecule has 3 aromatic carbocycles. The van der Waals surface area contributed by atoms with E-state index in [2.05, 4.69) is 80.8 Å². The van der Waals surface area contributed by atoms with Gasteiger partial charge in [0.15, 0.2) is 0 Å². The number of carbonyl (C=O) groups is 1. The fourth-order valence-electron chi connectivity index (χ4n) is 5.00. The van der Waals surface area contributed by atoms with Crippen molar-refractivity contribution in [2.75, 3.05) is 31.6 Å². The maximum Gasteiger partial charge on any atom is 0.273 e. The summed E-state index contributed by atoms with van der Waals surface area (Å²) in [5.41, 5.74) is 4.90. The van der Waals surface area contributed by atoms with Gasteiger partial charge in [0.2, 0.25) is 0 Å². The number of hydrogen-bond donors (Lipinski definition) is 2. The number of fused-ring (bicyclic) bond motifs is 1. The number of imidazole rings is 1. The van der Waals surface area contributed by atoms with Crippen LogP contribution >= 0.6 is 11.3 Å². The van der Waals surface area contributed by atoms with E-state index in [9.17, 15) is 4.79 Å². The Bertz CT molecular complexity index is 1500. The Morgan fingerprint density at radius 2 is 1.79 bits per heavy atom. The third kappa shape index (κ3) is 5.49. The summed E-state index contributed by atoms with van der Waals surface area (Å²) in [5, 5.41) is 4.21. The van der Waals surface area contributed by atoms with Crippen LogP contribution in [0.25, 0.3) is 20.5 Å². The molecule has 1 aliphatic heterocycles. The maximum absolute atomic E-state index is 12.4. The van der Waals surface area contributed by atoms with Crippen molar-refractivity contribution in [3.05, 3.63) is 102 Å². The summed E-state index contributed by atoms with van der Waals surface area (Å²) in [6.07, 6.45) is 6.46. The minimum Gasteiger partial charge on any atom is -0.492 e. The minimum absolute atomic E-state index is 0.207. The molecule has 1 aliphatic rings. The molecule has 0 radical (unpaired) electrons. The van der Waals surface area contributed by atoms with Crippen molar-refractivity contribution in [3.8, 4) is 16.2 Å². The van der Waals surface area contributed by atoms with E-state index >= 15 is 0 Å². The summed E-state index contributed by atoms with van der Waals surface area (Å²) < 4.78 is 7.28. The number of aromatic amines is 1. The van der Waals surface area contributed by atoms with Gasteiger partial charge in [-0.15, -0.1) is 11.3 Å². The second kappa shape index (κ2) is 11.2. The lowest BCUT2D eigenvalue weighted by Gasteiger charge is -2.15. The third-order valence-corrected chi connectivity index (χ3v) is 8.29. The molecule has 0 unspecified atom stereocenters. The van der Waals surface area contributed by atoms with E-state index in [1.807, 2.05) is 23.5 Å². The largest absolute Gasteiger partial charge is 0.492 e. The molecular formula is C31H30N4O2S. The van der Waals surface area contributed by atoms with Crippen LogP contribution in [0.3, 0.4) is 0 Å². The number of benzene rings is 3. The van der Waals surface area contributed by atoms with E-state index < -0.39 is 0 Å². The molecule has 3 heterocycles. The standard InChI is InChI=1S/C31H30N4O2S/c36-31(28-20-32-21-33-28)34-24-11-9-23(10-12-24)30-27(26-5-1-2-6-29(26)38-30)19-22-7-13-25(14-8-22)37-18-17-35-15-3-4-16-35/h1-2,5-14,20-21H,3-4,15-19H2,(H,32,33)(H,34,36). The van der Waals surface area contributed by atoms with Crippen LogP contribution in [0.1, 0.15) is 34.5 Å². The van der Waals surface area contributed by atoms with Crippen LogP contribution in [-0.4, -0.2) is 47.0 Å². The molecule has 2 N–H and O–H groups in total. The van der Waals surface area contributed by atoms with Crippen LogP contribution in [0.5, 0.6) is 5.75 Å². The molecule has 0 aliphatic carbocycles. The van der Waals surface area contributed by atoms with Crippen molar-refractivity contribution in [2.24, 2.45) is 0 Å². The first-order chi connectivity index (χ1) is 18.7. The molecule has 2 aromatic heterocycles. The maximum atomic E-state index is 12.4. The molecule has 1 saturated heterocycles. The number of carbonyl (C=O) groups excluding carboxylic acids is 1. The molecule has 0 spiro atoms. The fourth-order valence-corrected chi connectivity index (χ4v) is 6.22. The fraction of sp³-hybridized carbons (Fsp3) is 0.226. The number of nitrogens with one attached hydrogen (secondary N) is 2. The Balaban J connectivity index is 1.18. The monoisotopic (exact) mass is 522 g/mol. The first kappa shape index (κ1) is 24.4. The number of likely N-dealkylation sites (tertiary alicyclic amines) is 1. The zero-order valence-corrected chi connectivity index (χ0v) is 22.0. The van der Waals surface area contributed by atoms with E-state index in [1.54, 1.807) is 0 Å². The lowest BCUT2D eigenvalue weighted by molar-refractivity contribution is 0.102. The number of anilines is 1. The minimum atomic E-state index is -0.207. The zero-order chi connectivity index (χ0) is 25.7. The summed E-state index contributed by atoms with van der Waals surface area (Å²) in [4.78, 5) is 22.8. The predicted molar refractivity (Wildman–Crippen MR) is 154 cm³/mol. The van der Waals surface area contributed by atoms with Gasteiger partial charge in [-0.05, 0) is 84.8 Å². The molecule has 6 rings (SSSR count). The van der Waals surface area contributed by atoms with Crippen LogP contribution in [0.2, 0.25) is 0 Å². The van der Waals surface area contributed by atoms with Gasteiger partial charge in [-0.2, -0.15) is 0 Å². The lowest BCUT2D eigenvalue weighted by atomic mass is 9.99. The zero-order valence-electron chi connectivity index (χ0n) is 21.2. The Kier molecular flexibility index (Phi) is 7.20. The van der Waals surface area contributed by atoms with Gasteiger partial charge >= 0.3 is 0 Å². The highest BCUT2D eigenvalue weighted by molar-refractivity contribution is 7.22. The summed E-state index contributed by atoms with van der Waals surface area (Å²) in [7, 11) is 0. The molecule has 38 heavy (non-hydrogen) atoms. The first-order valence-corrected chi connectivity index (χ1v) is 13.9. The van der Waals surface area contributed by atoms with Gasteiger partial charge in [0, 0.05) is 21.8 Å². The SMILES string of the molecule is O=C(Nc1ccc(-c2sc3ccccc3c2Cc2ccc(OCCN3CCCC3)cc2)cc1)c1cnc[nH]1. The summed E-state index contributed by atoms with van der Waals surface area (Å²) in [6.45, 7) is 4.12. The summed E-state index contributed by atoms with van der Waals surface area (Å²) in [6, 6.07) is 25.2. The number of H-pyrrole nitrogens is 1. The highest BCUT2D eigenvalue weighted by Crippen LogP contribution is 2.40. The highest BCUT2D eigenvalue weighted by Gasteiger charge is 2.15. The molecule has 7 heteroatoms. The Morgan fingerprint density at radius 1 is 1.00 bits per heavy atom. The average molecular weight is 523 g/mol. The van der Waals surface area contributed by atoms with Crippen molar-refractivity contribution in [2.45, 2.75) is 19.3 Å². The van der Waals surface area contributed by atoms with Crippen LogP contribution in [0.4, 0.5) is 5.69 Å². The van der Waals surface area contributed by atoms with Crippen molar-refractivity contribution in [1.82, 2.24) is 14.9 Å². The predicted octanol–water partition coefficient (Wildman–Crippen LogP) is 6.61. The number of ether oxygens (including phenoxy) is 1. The van der Waals surface area contributed by atoms with E-state index in [0.29, 0.717) is 5.69 Å². The molecular weight excluding hydrogens is 492 g/mol. The second-order valence-corrected chi connectivity index (χ2v) is 10.7. The third-order valence-electron chi connectivity index (χ3n) is 7.03. The van der Waals surface area contributed by atoms with Gasteiger partial charge in [0.1, 0.15) is 18.1 Å². The molecule has 5 aromatic rings. The van der Waals surface area contributed by atoms with Gasteiger partial charge < -0.3 is 15.0 Å². The van der Waals surface area contributed by atoms with Crippen LogP contribution < -0.4 is 10.1 Å². The molecule has 0 atom stereocenters. The molecule has 0 bridgehead atoms. The highest BCUT2D eigenvalue weighted by atomic mass is 32.1. The second-order valence-electron chi connectivity index (χ2n) is 9.62. The number of rotatable bonds is 9. The number of hydrogen-bond acceptors (Lipinski definition) is 5. The normalized spacial score (nSPS) is 13.7. The average Bonchev–Trinajstić information content (AvgIpc) is 3.73. The van der Waals surface area contributed by atoms with Crippen LogP contribution in [0, 0.1) is 0 Å². The molecule has 1 fully saturated rings. The van der Waals surface area contributed by atoms with E-state index in [-0.39, 0.29) is 5.91 Å². The summed E-state index contributed by atoms with van der Waals surface area (Å²) in [5.74, 6) is 0.720. The van der Waals surface area contributed by atoms with Crippen LogP contribution in [-0.2, 0) is 6.42 Å². The van der Waals surface area contributed by atoms with Gasteiger partial charge in [0.25, 0.3) is 5.91 Å². The van der Waals surface area contributed by atoms with E-state index in [0.717, 1.165) is 36.6 Å². The van der Waals surface area contributed by atoms with Crippen molar-refractivity contribution in [1.29, 1.82) is 0 Å². The molecule has 192 valence electrons. The molecule has 6 nitrogen and oxygen atoms in total. The number of amides is 1. The van der Waals surface area contributed by atoms with Gasteiger partial charge in [0.05, 0.1) is 12.5 Å². The van der Waals surface area contributed by atoms with E-state index in [4.69, 9.17) is 4.74 Å². The smallest absolute Gasteiger partial charge is 0.273 e. The Morgan fingerprint density at radius 3 is 2.55 bits per heavy atom. The lowest BCUT2D eigenvalue weighted by Crippen LogP contribution is -2.25. The number of aromatic nitrogens is 2. The van der Waals surface area contributed by atoms with Gasteiger partial charge in [-0.25, -0.2) is 4.98 Å². The number of nitrogens with zero attached hydrogens (tertiary/aromatic N) is 2. The van der Waals surface area contributed by atoms with E-state index in [1.165, 1.54) is 64.5 Å². The first-order valence-electron chi connectivity index (χ1n) is 13.1. The molecule has 1 amide bonds.